The molecule has 0 amide bonds. The van der Waals surface area contributed by atoms with Gasteiger partial charge in [-0.25, -0.2) is 9.78 Å². The molecule has 5 nitrogen and oxygen atoms in total. The summed E-state index contributed by atoms with van der Waals surface area (Å²) in [5, 5.41) is 19.7. The zero-order valence-electron chi connectivity index (χ0n) is 9.85. The van der Waals surface area contributed by atoms with Crippen LogP contribution in [-0.4, -0.2) is 38.0 Å². The second-order valence-electron chi connectivity index (χ2n) is 3.77. The van der Waals surface area contributed by atoms with E-state index in [0.717, 1.165) is 10.2 Å². The Morgan fingerprint density at radius 2 is 2.10 bits per heavy atom. The van der Waals surface area contributed by atoms with Crippen LogP contribution in [0.5, 0.6) is 5.75 Å². The van der Waals surface area contributed by atoms with Crippen LogP contribution in [0, 0.1) is 0 Å². The topological polar surface area (TPSA) is 82.8 Å². The average molecular weight is 442 g/mol. The fraction of sp³-hybridized carbons (Fsp3) is 0.182. The molecule has 0 aliphatic carbocycles. The van der Waals surface area contributed by atoms with Gasteiger partial charge in [-0.2, -0.15) is 0 Å². The van der Waals surface area contributed by atoms with Gasteiger partial charge >= 0.3 is 5.97 Å². The summed E-state index contributed by atoms with van der Waals surface area (Å²) in [6, 6.07) is 4.28. The van der Waals surface area contributed by atoms with Gasteiger partial charge in [0.05, 0.1) is 10.2 Å². The molecule has 108 valence electrons. The monoisotopic (exact) mass is 440 g/mol. The van der Waals surface area contributed by atoms with Crippen molar-refractivity contribution in [2.75, 3.05) is 5.75 Å². The summed E-state index contributed by atoms with van der Waals surface area (Å²) < 4.78 is 0.868. The van der Waals surface area contributed by atoms with Crippen molar-refractivity contribution in [3.63, 3.8) is 0 Å². The summed E-state index contributed by atoms with van der Waals surface area (Å²) in [5.41, 5.74) is 0.787. The number of nitrogens with zero attached hydrogens (tertiary/aromatic N) is 2. The third-order valence-electron chi connectivity index (χ3n) is 2.49. The number of aromatic nitrogens is 1. The largest absolute Gasteiger partial charge is 0.508 e. The molecule has 0 saturated heterocycles. The number of rotatable bonds is 2. The molecule has 1 aromatic heterocycles. The van der Waals surface area contributed by atoms with Gasteiger partial charge in [0.15, 0.2) is 6.04 Å². The number of aliphatic carboxylic acids is 1. The van der Waals surface area contributed by atoms with Crippen molar-refractivity contribution in [2.45, 2.75) is 6.04 Å². The summed E-state index contributed by atoms with van der Waals surface area (Å²) >= 11 is 2.81. The van der Waals surface area contributed by atoms with Gasteiger partial charge in [-0.1, -0.05) is 0 Å². The lowest BCUT2D eigenvalue weighted by Gasteiger charge is -1.93. The molecule has 2 aromatic rings. The highest BCUT2D eigenvalue weighted by atomic mass is 79.9. The molecule has 0 radical (unpaired) electrons. The standard InChI is InChI=1S/C11H8N2O3S2.2BrH/c14-5-1-2-6-8(3-5)18-10(12-6)9-13-7(4-17-9)11(15)16;;/h1-3,7,14H,4H2,(H,15,16);2*1H/t7-;;/m1../s1. The van der Waals surface area contributed by atoms with E-state index in [4.69, 9.17) is 5.11 Å². The van der Waals surface area contributed by atoms with Crippen molar-refractivity contribution >= 4 is 78.3 Å². The first-order valence-corrected chi connectivity index (χ1v) is 6.97. The number of thioether (sulfide) groups is 1. The third-order valence-corrected chi connectivity index (χ3v) is 4.70. The van der Waals surface area contributed by atoms with Gasteiger partial charge in [-0.15, -0.1) is 57.1 Å². The number of hydrogen-bond donors (Lipinski definition) is 2. The number of carbonyl (C=O) groups is 1. The average Bonchev–Trinajstić information content (AvgIpc) is 2.93. The lowest BCUT2D eigenvalue weighted by Crippen LogP contribution is -2.17. The number of aliphatic imine (C=N–C) groups is 1. The summed E-state index contributed by atoms with van der Waals surface area (Å²) in [6.45, 7) is 0. The fourth-order valence-electron chi connectivity index (χ4n) is 1.62. The van der Waals surface area contributed by atoms with Crippen LogP contribution in [0.25, 0.3) is 10.2 Å². The van der Waals surface area contributed by atoms with Gasteiger partial charge in [0, 0.05) is 5.75 Å². The van der Waals surface area contributed by atoms with Crippen LogP contribution in [0.2, 0.25) is 0 Å². The molecule has 0 spiro atoms. The van der Waals surface area contributed by atoms with Crippen LogP contribution in [0.3, 0.4) is 0 Å². The van der Waals surface area contributed by atoms with E-state index in [-0.39, 0.29) is 39.7 Å². The normalized spacial score (nSPS) is 17.2. The fourth-order valence-corrected chi connectivity index (χ4v) is 3.72. The lowest BCUT2D eigenvalue weighted by atomic mass is 10.3. The van der Waals surface area contributed by atoms with Crippen molar-refractivity contribution in [1.29, 1.82) is 0 Å². The Kier molecular flexibility index (Phi) is 5.99. The predicted molar refractivity (Wildman–Crippen MR) is 92.3 cm³/mol. The molecule has 1 aromatic carbocycles. The van der Waals surface area contributed by atoms with E-state index < -0.39 is 12.0 Å². The molecule has 9 heteroatoms. The molecule has 0 fully saturated rings. The van der Waals surface area contributed by atoms with Gasteiger partial charge in [0.2, 0.25) is 0 Å². The summed E-state index contributed by atoms with van der Waals surface area (Å²) in [6.07, 6.45) is 0. The molecule has 0 unspecified atom stereocenters. The van der Waals surface area contributed by atoms with E-state index in [2.05, 4.69) is 9.98 Å². The van der Waals surface area contributed by atoms with Gasteiger partial charge in [-0.05, 0) is 18.2 Å². The van der Waals surface area contributed by atoms with Crippen molar-refractivity contribution in [2.24, 2.45) is 4.99 Å². The maximum atomic E-state index is 10.8. The van der Waals surface area contributed by atoms with Crippen LogP contribution >= 0.6 is 57.1 Å². The van der Waals surface area contributed by atoms with E-state index >= 15 is 0 Å². The van der Waals surface area contributed by atoms with Gasteiger partial charge in [0.25, 0.3) is 0 Å². The number of phenols is 1. The molecular weight excluding hydrogens is 432 g/mol. The maximum Gasteiger partial charge on any atom is 0.329 e. The van der Waals surface area contributed by atoms with Crippen LogP contribution in [0.15, 0.2) is 23.2 Å². The zero-order valence-corrected chi connectivity index (χ0v) is 14.9. The maximum absolute atomic E-state index is 10.8. The van der Waals surface area contributed by atoms with Crippen molar-refractivity contribution in [3.05, 3.63) is 23.2 Å². The molecule has 0 saturated carbocycles. The van der Waals surface area contributed by atoms with Gasteiger partial charge in [0.1, 0.15) is 15.8 Å². The smallest absolute Gasteiger partial charge is 0.329 e. The molecule has 2 heterocycles. The number of thiazole rings is 1. The minimum atomic E-state index is -0.906. The Morgan fingerprint density at radius 3 is 2.75 bits per heavy atom. The molecule has 1 aliphatic heterocycles. The number of phenolic OH excluding ortho intramolecular Hbond substituents is 1. The van der Waals surface area contributed by atoms with Crippen molar-refractivity contribution in [1.82, 2.24) is 4.98 Å². The predicted octanol–water partition coefficient (Wildman–Crippen LogP) is 3.10. The Hall–Kier alpha value is -0.640. The van der Waals surface area contributed by atoms with Crippen LogP contribution < -0.4 is 0 Å². The van der Waals surface area contributed by atoms with E-state index in [1.54, 1.807) is 18.2 Å². The molecule has 20 heavy (non-hydrogen) atoms. The van der Waals surface area contributed by atoms with Gasteiger partial charge < -0.3 is 10.2 Å². The Labute approximate surface area is 143 Å². The molecule has 3 rings (SSSR count). The Bertz CT molecular complexity index is 675. The number of halogens is 2. The molecule has 0 bridgehead atoms. The highest BCUT2D eigenvalue weighted by molar-refractivity contribution is 8.93. The number of carboxylic acid groups (broad SMARTS) is 1. The SMILES string of the molecule is Br.Br.O=C(O)[C@H]1CSC(c2nc3ccc(O)cc3s2)=N1. The molecule has 2 N–H and O–H groups in total. The van der Waals surface area contributed by atoms with Crippen molar-refractivity contribution in [3.8, 4) is 5.75 Å². The first-order valence-electron chi connectivity index (χ1n) is 5.17. The zero-order chi connectivity index (χ0) is 12.7. The highest BCUT2D eigenvalue weighted by Crippen LogP contribution is 2.31. The quantitative estimate of drug-likeness (QED) is 0.748. The number of hydrogen-bond acceptors (Lipinski definition) is 6. The number of fused-ring (bicyclic) bond motifs is 1. The van der Waals surface area contributed by atoms with E-state index in [9.17, 15) is 9.90 Å². The van der Waals surface area contributed by atoms with Crippen LogP contribution in [0.4, 0.5) is 0 Å². The molecular formula is C11H10Br2N2O3S2. The number of carboxylic acids is 1. The first-order chi connectivity index (χ1) is 8.63. The number of benzene rings is 1. The van der Waals surface area contributed by atoms with E-state index in [1.807, 2.05) is 0 Å². The lowest BCUT2D eigenvalue weighted by molar-refractivity contribution is -0.137. The minimum absolute atomic E-state index is 0. The summed E-state index contributed by atoms with van der Waals surface area (Å²) in [5.74, 6) is -0.260. The van der Waals surface area contributed by atoms with Crippen molar-refractivity contribution < 1.29 is 15.0 Å². The van der Waals surface area contributed by atoms with Crippen LogP contribution in [0.1, 0.15) is 5.01 Å². The Morgan fingerprint density at radius 1 is 1.35 bits per heavy atom. The minimum Gasteiger partial charge on any atom is -0.508 e. The highest BCUT2D eigenvalue weighted by Gasteiger charge is 2.26. The summed E-state index contributed by atoms with van der Waals surface area (Å²) in [4.78, 5) is 19.4. The second-order valence-corrected chi connectivity index (χ2v) is 5.81. The molecule has 1 aliphatic rings. The summed E-state index contributed by atoms with van der Waals surface area (Å²) in [7, 11) is 0. The third kappa shape index (κ3) is 3.33. The molecule has 1 atom stereocenters. The Balaban J connectivity index is 0.000001000. The number of aromatic hydroxyl groups is 1. The first kappa shape index (κ1) is 17.4. The second kappa shape index (κ2) is 6.88. The van der Waals surface area contributed by atoms with Gasteiger partial charge in [-0.3, -0.25) is 4.99 Å². The van der Waals surface area contributed by atoms with E-state index in [1.165, 1.54) is 23.1 Å². The van der Waals surface area contributed by atoms with E-state index in [0.29, 0.717) is 15.8 Å². The van der Waals surface area contributed by atoms with Crippen LogP contribution in [-0.2, 0) is 4.79 Å².